The summed E-state index contributed by atoms with van der Waals surface area (Å²) in [4.78, 5) is 4.13. The Morgan fingerprint density at radius 1 is 1.46 bits per heavy atom. The van der Waals surface area contributed by atoms with Crippen molar-refractivity contribution in [1.29, 1.82) is 0 Å². The van der Waals surface area contributed by atoms with Crippen molar-refractivity contribution in [2.45, 2.75) is 18.4 Å². The average molecular weight is 175 g/mol. The lowest BCUT2D eigenvalue weighted by Crippen LogP contribution is -2.04. The van der Waals surface area contributed by atoms with Gasteiger partial charge in [-0.25, -0.2) is 9.50 Å². The Kier molecular flexibility index (Phi) is 1.13. The lowest BCUT2D eigenvalue weighted by Gasteiger charge is -1.99. The minimum absolute atomic E-state index is 0.659. The molecule has 1 aliphatic carbocycles. The smallest absolute Gasteiger partial charge is 0.155 e. The summed E-state index contributed by atoms with van der Waals surface area (Å²) in [5.74, 6) is 0. The van der Waals surface area contributed by atoms with Crippen LogP contribution in [0.15, 0.2) is 24.5 Å². The van der Waals surface area contributed by atoms with Crippen molar-refractivity contribution in [2.75, 3.05) is 0 Å². The average Bonchev–Trinajstić information content (AvgIpc) is 2.76. The zero-order valence-corrected chi connectivity index (χ0v) is 7.01. The van der Waals surface area contributed by atoms with Crippen LogP contribution in [0.1, 0.15) is 18.5 Å². The molecular formula is C9H9N3O. The fraction of sp³-hybridized carbons (Fsp3) is 0.333. The van der Waals surface area contributed by atoms with Gasteiger partial charge in [0.05, 0.1) is 5.69 Å². The van der Waals surface area contributed by atoms with Crippen LogP contribution in [0.2, 0.25) is 0 Å². The van der Waals surface area contributed by atoms with E-state index in [0.717, 1.165) is 24.2 Å². The maximum Gasteiger partial charge on any atom is 0.155 e. The van der Waals surface area contributed by atoms with E-state index in [9.17, 15) is 5.11 Å². The van der Waals surface area contributed by atoms with E-state index in [0.29, 0.717) is 0 Å². The van der Waals surface area contributed by atoms with E-state index in [1.807, 2.05) is 18.3 Å². The second-order valence-electron chi connectivity index (χ2n) is 3.48. The lowest BCUT2D eigenvalue weighted by atomic mass is 10.2. The number of nitrogens with zero attached hydrogens (tertiary/aromatic N) is 3. The molecule has 4 heteroatoms. The highest BCUT2D eigenvalue weighted by Gasteiger charge is 2.44. The van der Waals surface area contributed by atoms with Crippen molar-refractivity contribution >= 4 is 5.65 Å². The molecule has 4 nitrogen and oxygen atoms in total. The van der Waals surface area contributed by atoms with Crippen LogP contribution in [0, 0.1) is 0 Å². The Morgan fingerprint density at radius 2 is 2.31 bits per heavy atom. The van der Waals surface area contributed by atoms with Crippen molar-refractivity contribution in [3.05, 3.63) is 30.2 Å². The van der Waals surface area contributed by atoms with Crippen molar-refractivity contribution in [1.82, 2.24) is 14.6 Å². The molecule has 1 N–H and O–H groups in total. The van der Waals surface area contributed by atoms with Gasteiger partial charge in [-0.05, 0) is 18.9 Å². The fourth-order valence-electron chi connectivity index (χ4n) is 1.43. The van der Waals surface area contributed by atoms with Crippen molar-refractivity contribution in [2.24, 2.45) is 0 Å². The Hall–Kier alpha value is -1.42. The molecule has 13 heavy (non-hydrogen) atoms. The normalized spacial score (nSPS) is 19.2. The molecule has 1 aliphatic rings. The second-order valence-corrected chi connectivity index (χ2v) is 3.48. The molecule has 0 bridgehead atoms. The van der Waals surface area contributed by atoms with Crippen LogP contribution in [0.5, 0.6) is 0 Å². The SMILES string of the molecule is OC1(c2cc3ncccn3n2)CC1. The quantitative estimate of drug-likeness (QED) is 0.694. The standard InChI is InChI=1S/C9H9N3O/c13-9(2-3-9)7-6-8-10-4-1-5-12(8)11-7/h1,4-6,13H,2-3H2. The van der Waals surface area contributed by atoms with E-state index in [1.54, 1.807) is 10.7 Å². The van der Waals surface area contributed by atoms with Gasteiger partial charge >= 0.3 is 0 Å². The molecule has 0 aliphatic heterocycles. The van der Waals surface area contributed by atoms with E-state index in [4.69, 9.17) is 0 Å². The van der Waals surface area contributed by atoms with E-state index < -0.39 is 5.60 Å². The Balaban J connectivity index is 2.22. The van der Waals surface area contributed by atoms with E-state index in [-0.39, 0.29) is 0 Å². The molecule has 0 amide bonds. The molecule has 66 valence electrons. The van der Waals surface area contributed by atoms with Crippen LogP contribution in [-0.2, 0) is 5.60 Å². The molecule has 3 rings (SSSR count). The first-order valence-electron chi connectivity index (χ1n) is 4.31. The molecule has 0 aromatic carbocycles. The number of rotatable bonds is 1. The summed E-state index contributed by atoms with van der Waals surface area (Å²) < 4.78 is 1.69. The predicted molar refractivity (Wildman–Crippen MR) is 46.1 cm³/mol. The first-order valence-corrected chi connectivity index (χ1v) is 4.31. The molecule has 1 fully saturated rings. The molecule has 0 saturated heterocycles. The van der Waals surface area contributed by atoms with E-state index in [2.05, 4.69) is 10.1 Å². The van der Waals surface area contributed by atoms with E-state index >= 15 is 0 Å². The van der Waals surface area contributed by atoms with Gasteiger partial charge in [-0.15, -0.1) is 0 Å². The van der Waals surface area contributed by atoms with Crippen molar-refractivity contribution in [3.8, 4) is 0 Å². The van der Waals surface area contributed by atoms with Gasteiger partial charge in [-0.1, -0.05) is 0 Å². The van der Waals surface area contributed by atoms with E-state index in [1.165, 1.54) is 0 Å². The zero-order chi connectivity index (χ0) is 8.89. The minimum Gasteiger partial charge on any atom is -0.383 e. The molecule has 1 saturated carbocycles. The Bertz CT molecular complexity index is 426. The first-order chi connectivity index (χ1) is 6.28. The van der Waals surface area contributed by atoms with Gasteiger partial charge < -0.3 is 5.11 Å². The molecular weight excluding hydrogens is 166 g/mol. The van der Waals surface area contributed by atoms with Gasteiger partial charge in [0.1, 0.15) is 5.60 Å². The second kappa shape index (κ2) is 2.09. The van der Waals surface area contributed by atoms with Crippen molar-refractivity contribution < 1.29 is 5.11 Å². The number of hydrogen-bond acceptors (Lipinski definition) is 3. The lowest BCUT2D eigenvalue weighted by molar-refractivity contribution is 0.146. The third kappa shape index (κ3) is 0.954. The third-order valence-corrected chi connectivity index (χ3v) is 2.44. The minimum atomic E-state index is -0.659. The molecule has 2 aromatic rings. The number of hydrogen-bond donors (Lipinski definition) is 1. The highest BCUT2D eigenvalue weighted by Crippen LogP contribution is 2.44. The molecule has 0 spiro atoms. The summed E-state index contributed by atoms with van der Waals surface area (Å²) in [7, 11) is 0. The molecule has 2 aromatic heterocycles. The Morgan fingerprint density at radius 3 is 3.00 bits per heavy atom. The summed E-state index contributed by atoms with van der Waals surface area (Å²) in [6, 6.07) is 3.66. The zero-order valence-electron chi connectivity index (χ0n) is 7.01. The van der Waals surface area contributed by atoms with Gasteiger partial charge in [0.2, 0.25) is 0 Å². The van der Waals surface area contributed by atoms with Gasteiger partial charge in [0.15, 0.2) is 5.65 Å². The summed E-state index contributed by atoms with van der Waals surface area (Å²) in [6.45, 7) is 0. The number of aromatic nitrogens is 3. The Labute approximate surface area is 74.8 Å². The van der Waals surface area contributed by atoms with Crippen LogP contribution in [0.4, 0.5) is 0 Å². The van der Waals surface area contributed by atoms with Crippen LogP contribution < -0.4 is 0 Å². The molecule has 0 radical (unpaired) electrons. The summed E-state index contributed by atoms with van der Waals surface area (Å²) in [5.41, 5.74) is 0.872. The van der Waals surface area contributed by atoms with Gasteiger partial charge in [0.25, 0.3) is 0 Å². The van der Waals surface area contributed by atoms with Gasteiger partial charge in [0, 0.05) is 18.5 Å². The highest BCUT2D eigenvalue weighted by molar-refractivity contribution is 5.41. The summed E-state index contributed by atoms with van der Waals surface area (Å²) in [5, 5.41) is 14.0. The number of fused-ring (bicyclic) bond motifs is 1. The largest absolute Gasteiger partial charge is 0.383 e. The summed E-state index contributed by atoms with van der Waals surface area (Å²) in [6.07, 6.45) is 5.18. The highest BCUT2D eigenvalue weighted by atomic mass is 16.3. The maximum atomic E-state index is 9.80. The molecule has 0 atom stereocenters. The molecule has 2 heterocycles. The van der Waals surface area contributed by atoms with Crippen LogP contribution in [0.25, 0.3) is 5.65 Å². The van der Waals surface area contributed by atoms with Crippen LogP contribution in [-0.4, -0.2) is 19.7 Å². The third-order valence-electron chi connectivity index (χ3n) is 2.44. The van der Waals surface area contributed by atoms with Crippen molar-refractivity contribution in [3.63, 3.8) is 0 Å². The summed E-state index contributed by atoms with van der Waals surface area (Å²) >= 11 is 0. The number of aliphatic hydroxyl groups is 1. The topological polar surface area (TPSA) is 50.4 Å². The van der Waals surface area contributed by atoms with Crippen LogP contribution >= 0.6 is 0 Å². The monoisotopic (exact) mass is 175 g/mol. The van der Waals surface area contributed by atoms with Gasteiger partial charge in [-0.3, -0.25) is 0 Å². The first kappa shape index (κ1) is 7.03. The van der Waals surface area contributed by atoms with Gasteiger partial charge in [-0.2, -0.15) is 5.10 Å². The maximum absolute atomic E-state index is 9.80. The molecule has 0 unspecified atom stereocenters. The van der Waals surface area contributed by atoms with Crippen LogP contribution in [0.3, 0.4) is 0 Å². The fourth-order valence-corrected chi connectivity index (χ4v) is 1.43. The predicted octanol–water partition coefficient (Wildman–Crippen LogP) is 0.711.